The molecule has 2 N–H and O–H groups in total. The van der Waals surface area contributed by atoms with Crippen LogP contribution in [0.1, 0.15) is 19.3 Å². The van der Waals surface area contributed by atoms with Gasteiger partial charge in [0.15, 0.2) is 5.65 Å². The van der Waals surface area contributed by atoms with Crippen molar-refractivity contribution >= 4 is 32.7 Å². The minimum absolute atomic E-state index is 0.324. The van der Waals surface area contributed by atoms with E-state index < -0.39 is 16.1 Å². The molecule has 1 unspecified atom stereocenters. The summed E-state index contributed by atoms with van der Waals surface area (Å²) in [6.07, 6.45) is 6.41. The van der Waals surface area contributed by atoms with Gasteiger partial charge < -0.3 is 5.32 Å². The molecule has 0 aromatic carbocycles. The highest BCUT2D eigenvalue weighted by Crippen LogP contribution is 2.22. The monoisotopic (exact) mass is 323 g/mol. The third-order valence-corrected chi connectivity index (χ3v) is 5.03. The van der Waals surface area contributed by atoms with Gasteiger partial charge >= 0.3 is 0 Å². The lowest BCUT2D eigenvalue weighted by Gasteiger charge is -2.32. The molecular formula is C13H17N5O3S. The Morgan fingerprint density at radius 3 is 3.00 bits per heavy atom. The summed E-state index contributed by atoms with van der Waals surface area (Å²) >= 11 is 0. The van der Waals surface area contributed by atoms with Crippen LogP contribution in [-0.2, 0) is 14.8 Å². The Hall–Kier alpha value is -2.00. The summed E-state index contributed by atoms with van der Waals surface area (Å²) < 4.78 is 24.9. The average Bonchev–Trinajstić information content (AvgIpc) is 2.94. The summed E-state index contributed by atoms with van der Waals surface area (Å²) in [5.41, 5.74) is 1.16. The lowest BCUT2D eigenvalue weighted by Crippen LogP contribution is -2.49. The van der Waals surface area contributed by atoms with E-state index in [1.165, 1.54) is 10.5 Å². The van der Waals surface area contributed by atoms with Crippen LogP contribution in [0.4, 0.5) is 5.69 Å². The van der Waals surface area contributed by atoms with Crippen LogP contribution >= 0.6 is 0 Å². The Labute approximate surface area is 128 Å². The number of hydrogen-bond donors (Lipinski definition) is 2. The van der Waals surface area contributed by atoms with Gasteiger partial charge in [-0.1, -0.05) is 6.42 Å². The fourth-order valence-corrected chi connectivity index (χ4v) is 3.82. The van der Waals surface area contributed by atoms with Gasteiger partial charge in [-0.05, 0) is 18.9 Å². The number of piperidine rings is 1. The molecule has 118 valence electrons. The van der Waals surface area contributed by atoms with Crippen molar-refractivity contribution in [2.75, 3.05) is 18.1 Å². The molecule has 0 aliphatic carbocycles. The summed E-state index contributed by atoms with van der Waals surface area (Å²) in [5, 5.41) is 10.1. The second kappa shape index (κ2) is 5.65. The maximum Gasteiger partial charge on any atom is 0.242 e. The van der Waals surface area contributed by atoms with Crippen molar-refractivity contribution in [2.24, 2.45) is 0 Å². The van der Waals surface area contributed by atoms with Gasteiger partial charge in [0.2, 0.25) is 15.9 Å². The number of sulfonamides is 1. The van der Waals surface area contributed by atoms with Crippen LogP contribution in [-0.4, -0.2) is 52.7 Å². The quantitative estimate of drug-likeness (QED) is 0.865. The van der Waals surface area contributed by atoms with E-state index in [9.17, 15) is 13.2 Å². The highest BCUT2D eigenvalue weighted by molar-refractivity contribution is 7.88. The molecule has 0 spiro atoms. The second-order valence-electron chi connectivity index (χ2n) is 5.41. The first kappa shape index (κ1) is 14.9. The molecule has 1 fully saturated rings. The predicted molar refractivity (Wildman–Crippen MR) is 81.7 cm³/mol. The number of nitrogens with zero attached hydrogens (tertiary/aromatic N) is 3. The number of anilines is 1. The third kappa shape index (κ3) is 2.95. The Morgan fingerprint density at radius 1 is 1.41 bits per heavy atom. The minimum atomic E-state index is -3.40. The number of rotatable bonds is 3. The molecule has 2 aromatic heterocycles. The van der Waals surface area contributed by atoms with E-state index in [1.807, 2.05) is 0 Å². The molecule has 3 rings (SSSR count). The van der Waals surface area contributed by atoms with Crippen LogP contribution in [0, 0.1) is 0 Å². The third-order valence-electron chi connectivity index (χ3n) is 3.74. The number of amides is 1. The molecule has 3 heterocycles. The smallest absolute Gasteiger partial charge is 0.242 e. The minimum Gasteiger partial charge on any atom is -0.323 e. The summed E-state index contributed by atoms with van der Waals surface area (Å²) in [6.45, 7) is 0.385. The van der Waals surface area contributed by atoms with E-state index in [-0.39, 0.29) is 5.91 Å². The van der Waals surface area contributed by atoms with Gasteiger partial charge in [0.25, 0.3) is 0 Å². The van der Waals surface area contributed by atoms with Crippen molar-refractivity contribution in [3.05, 3.63) is 18.5 Å². The largest absolute Gasteiger partial charge is 0.323 e. The van der Waals surface area contributed by atoms with Gasteiger partial charge in [0.05, 0.1) is 24.3 Å². The molecule has 1 atom stereocenters. The molecule has 0 saturated carbocycles. The number of carbonyl (C=O) groups excluding carboxylic acids is 1. The van der Waals surface area contributed by atoms with E-state index in [0.29, 0.717) is 24.3 Å². The molecular weight excluding hydrogens is 306 g/mol. The summed E-state index contributed by atoms with van der Waals surface area (Å²) in [6, 6.07) is 1.08. The van der Waals surface area contributed by atoms with Crippen molar-refractivity contribution < 1.29 is 13.2 Å². The van der Waals surface area contributed by atoms with E-state index in [4.69, 9.17) is 0 Å². The molecule has 8 nitrogen and oxygen atoms in total. The highest BCUT2D eigenvalue weighted by atomic mass is 32.2. The molecule has 1 amide bonds. The zero-order chi connectivity index (χ0) is 15.7. The number of pyridine rings is 1. The normalized spacial score (nSPS) is 20.1. The van der Waals surface area contributed by atoms with E-state index >= 15 is 0 Å². The molecule has 0 bridgehead atoms. The number of H-pyrrole nitrogens is 1. The molecule has 1 saturated heterocycles. The first-order valence-electron chi connectivity index (χ1n) is 7.02. The lowest BCUT2D eigenvalue weighted by molar-refractivity contribution is -0.120. The second-order valence-corrected chi connectivity index (χ2v) is 7.34. The van der Waals surface area contributed by atoms with Gasteiger partial charge in [0.1, 0.15) is 6.04 Å². The van der Waals surface area contributed by atoms with Crippen molar-refractivity contribution in [3.8, 4) is 0 Å². The van der Waals surface area contributed by atoms with Crippen LogP contribution in [0.15, 0.2) is 18.5 Å². The Kier molecular flexibility index (Phi) is 3.83. The summed E-state index contributed by atoms with van der Waals surface area (Å²) in [5.74, 6) is -0.324. The first-order valence-corrected chi connectivity index (χ1v) is 8.87. The van der Waals surface area contributed by atoms with Crippen molar-refractivity contribution in [3.63, 3.8) is 0 Å². The van der Waals surface area contributed by atoms with Gasteiger partial charge in [-0.2, -0.15) is 9.40 Å². The van der Waals surface area contributed by atoms with Crippen LogP contribution in [0.5, 0.6) is 0 Å². The SMILES string of the molecule is CS(=O)(=O)N1CCCCC1C(=O)Nc1cnc2[nH]ncc2c1. The maximum atomic E-state index is 12.4. The van der Waals surface area contributed by atoms with E-state index in [0.717, 1.165) is 24.5 Å². The lowest BCUT2D eigenvalue weighted by atomic mass is 10.0. The van der Waals surface area contributed by atoms with Crippen molar-refractivity contribution in [1.29, 1.82) is 0 Å². The van der Waals surface area contributed by atoms with Gasteiger partial charge in [-0.3, -0.25) is 9.89 Å². The first-order chi connectivity index (χ1) is 10.4. The van der Waals surface area contributed by atoms with Crippen molar-refractivity contribution in [2.45, 2.75) is 25.3 Å². The van der Waals surface area contributed by atoms with Gasteiger partial charge in [-0.25, -0.2) is 13.4 Å². The molecule has 9 heteroatoms. The van der Waals surface area contributed by atoms with Crippen LogP contribution < -0.4 is 5.32 Å². The Balaban J connectivity index is 1.80. The maximum absolute atomic E-state index is 12.4. The summed E-state index contributed by atoms with van der Waals surface area (Å²) in [4.78, 5) is 16.6. The number of hydrogen-bond acceptors (Lipinski definition) is 5. The Bertz CT molecular complexity index is 801. The number of fused-ring (bicyclic) bond motifs is 1. The Morgan fingerprint density at radius 2 is 2.23 bits per heavy atom. The summed E-state index contributed by atoms with van der Waals surface area (Å²) in [7, 11) is -3.40. The van der Waals surface area contributed by atoms with Crippen LogP contribution in [0.3, 0.4) is 0 Å². The zero-order valence-electron chi connectivity index (χ0n) is 12.1. The number of aromatic amines is 1. The average molecular weight is 323 g/mol. The number of nitrogens with one attached hydrogen (secondary N) is 2. The molecule has 22 heavy (non-hydrogen) atoms. The molecule has 0 radical (unpaired) electrons. The fourth-order valence-electron chi connectivity index (χ4n) is 2.69. The zero-order valence-corrected chi connectivity index (χ0v) is 12.9. The molecule has 2 aromatic rings. The van der Waals surface area contributed by atoms with Gasteiger partial charge in [-0.15, -0.1) is 0 Å². The molecule has 1 aliphatic rings. The number of aromatic nitrogens is 3. The predicted octanol–water partition coefficient (Wildman–Crippen LogP) is 0.710. The number of carbonyl (C=O) groups is 1. The highest BCUT2D eigenvalue weighted by Gasteiger charge is 2.34. The van der Waals surface area contributed by atoms with E-state index in [1.54, 1.807) is 12.3 Å². The van der Waals surface area contributed by atoms with Crippen molar-refractivity contribution in [1.82, 2.24) is 19.5 Å². The fraction of sp³-hybridized carbons (Fsp3) is 0.462. The topological polar surface area (TPSA) is 108 Å². The van der Waals surface area contributed by atoms with Crippen LogP contribution in [0.2, 0.25) is 0 Å². The molecule has 1 aliphatic heterocycles. The standard InChI is InChI=1S/C13H17N5O3S/c1-22(20,21)18-5-3-2-4-11(18)13(19)16-10-6-9-7-15-17-12(9)14-8-10/h6-8,11H,2-5H2,1H3,(H,16,19)(H,14,15,17). The van der Waals surface area contributed by atoms with Gasteiger partial charge in [0, 0.05) is 11.9 Å². The van der Waals surface area contributed by atoms with E-state index in [2.05, 4.69) is 20.5 Å². The van der Waals surface area contributed by atoms with Crippen LogP contribution in [0.25, 0.3) is 11.0 Å².